The van der Waals surface area contributed by atoms with E-state index >= 15 is 0 Å². The van der Waals surface area contributed by atoms with Gasteiger partial charge in [-0.1, -0.05) is 11.6 Å². The highest BCUT2D eigenvalue weighted by molar-refractivity contribution is 6.29. The van der Waals surface area contributed by atoms with Crippen LogP contribution in [0.25, 0.3) is 0 Å². The van der Waals surface area contributed by atoms with Crippen LogP contribution in [0.1, 0.15) is 10.6 Å². The predicted octanol–water partition coefficient (Wildman–Crippen LogP) is 3.35. The zero-order valence-electron chi connectivity index (χ0n) is 11.7. The Balaban J connectivity index is 1.68. The number of amides is 1. The molecule has 0 aliphatic heterocycles. The average molecular weight is 331 g/mol. The number of nitrogens with zero attached hydrogens (tertiary/aromatic N) is 2. The molecule has 23 heavy (non-hydrogen) atoms. The second-order valence-corrected chi connectivity index (χ2v) is 4.83. The molecule has 3 aromatic rings. The van der Waals surface area contributed by atoms with E-state index < -0.39 is 0 Å². The van der Waals surface area contributed by atoms with Gasteiger partial charge in [0.1, 0.15) is 10.9 Å². The first-order valence-corrected chi connectivity index (χ1v) is 6.91. The molecule has 1 amide bonds. The largest absolute Gasteiger partial charge is 0.459 e. The van der Waals surface area contributed by atoms with Crippen LogP contribution in [0.2, 0.25) is 5.15 Å². The molecule has 0 aliphatic carbocycles. The summed E-state index contributed by atoms with van der Waals surface area (Å²) in [5.74, 6) is 0.662. The van der Waals surface area contributed by atoms with Crippen LogP contribution in [0.4, 0.5) is 11.6 Å². The molecule has 0 bridgehead atoms. The van der Waals surface area contributed by atoms with Crippen molar-refractivity contribution in [2.45, 2.75) is 0 Å². The molecule has 0 saturated heterocycles. The number of carbonyl (C=O) groups excluding carboxylic acids is 1. The molecule has 0 spiro atoms. The molecule has 0 fully saturated rings. The van der Waals surface area contributed by atoms with E-state index in [0.717, 1.165) is 0 Å². The minimum absolute atomic E-state index is 0.0230. The number of aromatic nitrogens is 2. The lowest BCUT2D eigenvalue weighted by atomic mass is 10.3. The van der Waals surface area contributed by atoms with Crippen LogP contribution in [-0.4, -0.2) is 15.9 Å². The quantitative estimate of drug-likeness (QED) is 0.711. The molecule has 0 aliphatic rings. The van der Waals surface area contributed by atoms with Gasteiger partial charge >= 0.3 is 0 Å². The van der Waals surface area contributed by atoms with Crippen LogP contribution < -0.4 is 15.8 Å². The Hall–Kier alpha value is -3.06. The van der Waals surface area contributed by atoms with Gasteiger partial charge in [-0.2, -0.15) is 4.98 Å². The lowest BCUT2D eigenvalue weighted by Gasteiger charge is -2.07. The molecule has 3 rings (SSSR count). The molecule has 7 nitrogen and oxygen atoms in total. The summed E-state index contributed by atoms with van der Waals surface area (Å²) in [6.07, 6.45) is 1.43. The third-order valence-corrected chi connectivity index (χ3v) is 2.96. The van der Waals surface area contributed by atoms with E-state index in [4.69, 9.17) is 26.5 Å². The maximum absolute atomic E-state index is 11.8. The molecular weight excluding hydrogens is 320 g/mol. The van der Waals surface area contributed by atoms with E-state index in [9.17, 15) is 4.79 Å². The van der Waals surface area contributed by atoms with E-state index in [1.165, 1.54) is 12.3 Å². The van der Waals surface area contributed by atoms with Crippen molar-refractivity contribution < 1.29 is 13.9 Å². The Labute approximate surface area is 136 Å². The number of nitrogens with two attached hydrogens (primary N) is 1. The second-order valence-electron chi connectivity index (χ2n) is 4.44. The van der Waals surface area contributed by atoms with Crippen molar-refractivity contribution in [3.8, 4) is 11.6 Å². The van der Waals surface area contributed by atoms with Crippen molar-refractivity contribution in [1.29, 1.82) is 0 Å². The number of hydrogen-bond acceptors (Lipinski definition) is 6. The van der Waals surface area contributed by atoms with E-state index in [1.807, 2.05) is 0 Å². The van der Waals surface area contributed by atoms with Crippen LogP contribution in [-0.2, 0) is 0 Å². The molecule has 0 atom stereocenters. The molecule has 0 saturated carbocycles. The normalized spacial score (nSPS) is 10.3. The fourth-order valence-electron chi connectivity index (χ4n) is 1.79. The molecule has 1 aromatic carbocycles. The fraction of sp³-hybridized carbons (Fsp3) is 0. The topological polar surface area (TPSA) is 103 Å². The molecular formula is C15H11ClN4O3. The minimum atomic E-state index is -0.334. The van der Waals surface area contributed by atoms with Gasteiger partial charge in [-0.25, -0.2) is 4.98 Å². The summed E-state index contributed by atoms with van der Waals surface area (Å²) >= 11 is 5.78. The van der Waals surface area contributed by atoms with Crippen molar-refractivity contribution in [2.24, 2.45) is 0 Å². The van der Waals surface area contributed by atoms with Gasteiger partial charge in [0.2, 0.25) is 11.8 Å². The summed E-state index contributed by atoms with van der Waals surface area (Å²) < 4.78 is 10.5. The van der Waals surface area contributed by atoms with Gasteiger partial charge in [-0.3, -0.25) is 4.79 Å². The highest BCUT2D eigenvalue weighted by Crippen LogP contribution is 2.24. The lowest BCUT2D eigenvalue weighted by Crippen LogP contribution is -2.10. The highest BCUT2D eigenvalue weighted by atomic mass is 35.5. The number of hydrogen-bond donors (Lipinski definition) is 2. The standard InChI is InChI=1S/C15H11ClN4O3/c16-12-8-13(20-15(17)19-12)23-10-5-3-9(4-6-10)18-14(21)11-2-1-7-22-11/h1-8H,(H,18,21)(H2,17,19,20). The number of benzene rings is 1. The van der Waals surface area contributed by atoms with Gasteiger partial charge in [0, 0.05) is 11.8 Å². The Kier molecular flexibility index (Phi) is 4.11. The van der Waals surface area contributed by atoms with Gasteiger partial charge in [0.25, 0.3) is 5.91 Å². The second kappa shape index (κ2) is 6.37. The minimum Gasteiger partial charge on any atom is -0.459 e. The van der Waals surface area contributed by atoms with E-state index in [0.29, 0.717) is 11.4 Å². The van der Waals surface area contributed by atoms with E-state index in [1.54, 1.807) is 36.4 Å². The summed E-state index contributed by atoms with van der Waals surface area (Å²) in [6, 6.07) is 11.4. The molecule has 2 aromatic heterocycles. The highest BCUT2D eigenvalue weighted by Gasteiger charge is 2.09. The first-order valence-electron chi connectivity index (χ1n) is 6.53. The van der Waals surface area contributed by atoms with Gasteiger partial charge in [0.05, 0.1) is 6.26 Å². The number of halogens is 1. The predicted molar refractivity (Wildman–Crippen MR) is 84.6 cm³/mol. The van der Waals surface area contributed by atoms with Gasteiger partial charge < -0.3 is 20.2 Å². The zero-order chi connectivity index (χ0) is 16.2. The third-order valence-electron chi connectivity index (χ3n) is 2.77. The Bertz CT molecular complexity index is 799. The third kappa shape index (κ3) is 3.78. The summed E-state index contributed by atoms with van der Waals surface area (Å²) in [4.78, 5) is 19.5. The summed E-state index contributed by atoms with van der Waals surface area (Å²) in [5, 5.41) is 2.89. The first kappa shape index (κ1) is 14.9. The Morgan fingerprint density at radius 1 is 1.22 bits per heavy atom. The maximum atomic E-state index is 11.8. The van der Waals surface area contributed by atoms with Crippen LogP contribution in [0.15, 0.2) is 53.1 Å². The molecule has 2 heterocycles. The monoisotopic (exact) mass is 330 g/mol. The SMILES string of the molecule is Nc1nc(Cl)cc(Oc2ccc(NC(=O)c3ccco3)cc2)n1. The fourth-order valence-corrected chi connectivity index (χ4v) is 1.97. The summed E-state index contributed by atoms with van der Waals surface area (Å²) in [7, 11) is 0. The number of nitrogen functional groups attached to an aromatic ring is 1. The maximum Gasteiger partial charge on any atom is 0.291 e. The number of anilines is 2. The van der Waals surface area contributed by atoms with Crippen molar-refractivity contribution in [3.05, 3.63) is 59.6 Å². The van der Waals surface area contributed by atoms with Crippen molar-refractivity contribution >= 4 is 29.1 Å². The summed E-state index contributed by atoms with van der Waals surface area (Å²) in [5.41, 5.74) is 6.09. The number of carbonyl (C=O) groups is 1. The van der Waals surface area contributed by atoms with Crippen molar-refractivity contribution in [3.63, 3.8) is 0 Å². The van der Waals surface area contributed by atoms with Crippen LogP contribution >= 0.6 is 11.6 Å². The number of ether oxygens (including phenoxy) is 1. The van der Waals surface area contributed by atoms with Gasteiger partial charge in [-0.15, -0.1) is 0 Å². The molecule has 8 heteroatoms. The smallest absolute Gasteiger partial charge is 0.291 e. The number of rotatable bonds is 4. The van der Waals surface area contributed by atoms with Crippen LogP contribution in [0.3, 0.4) is 0 Å². The van der Waals surface area contributed by atoms with Gasteiger partial charge in [-0.05, 0) is 36.4 Å². The van der Waals surface area contributed by atoms with Crippen LogP contribution in [0, 0.1) is 0 Å². The molecule has 3 N–H and O–H groups in total. The Morgan fingerprint density at radius 3 is 2.65 bits per heavy atom. The Morgan fingerprint density at radius 2 is 2.00 bits per heavy atom. The lowest BCUT2D eigenvalue weighted by molar-refractivity contribution is 0.0996. The van der Waals surface area contributed by atoms with Crippen molar-refractivity contribution in [1.82, 2.24) is 9.97 Å². The zero-order valence-corrected chi connectivity index (χ0v) is 12.4. The van der Waals surface area contributed by atoms with Crippen LogP contribution in [0.5, 0.6) is 11.6 Å². The molecule has 0 radical (unpaired) electrons. The number of furan rings is 1. The van der Waals surface area contributed by atoms with Crippen molar-refractivity contribution in [2.75, 3.05) is 11.1 Å². The van der Waals surface area contributed by atoms with Gasteiger partial charge in [0.15, 0.2) is 5.76 Å². The number of nitrogens with one attached hydrogen (secondary N) is 1. The summed E-state index contributed by atoms with van der Waals surface area (Å²) in [6.45, 7) is 0. The van der Waals surface area contributed by atoms with E-state index in [-0.39, 0.29) is 28.6 Å². The van der Waals surface area contributed by atoms with E-state index in [2.05, 4.69) is 15.3 Å². The average Bonchev–Trinajstić information content (AvgIpc) is 3.02. The first-order chi connectivity index (χ1) is 11.1. The molecule has 116 valence electrons. The molecule has 0 unspecified atom stereocenters.